The Labute approximate surface area is 186 Å². The van der Waals surface area contributed by atoms with Crippen molar-refractivity contribution in [1.82, 2.24) is 19.5 Å². The second-order valence-electron chi connectivity index (χ2n) is 7.02. The fraction of sp³-hybridized carbons (Fsp3) is 0.545. The van der Waals surface area contributed by atoms with Gasteiger partial charge in [-0.05, 0) is 6.92 Å². The Kier molecular flexibility index (Phi) is 6.74. The minimum atomic E-state index is -5.89. The molecular weight excluding hydrogens is 538 g/mol. The van der Waals surface area contributed by atoms with Gasteiger partial charge in [0.2, 0.25) is 5.95 Å². The molecule has 0 saturated carbocycles. The number of nitrogens with two attached hydrogens (primary N) is 1. The number of nitrogens with zero attached hydrogens (tertiary/aromatic N) is 3. The molecule has 1 aliphatic heterocycles. The van der Waals surface area contributed by atoms with E-state index in [9.17, 15) is 33.6 Å². The van der Waals surface area contributed by atoms with E-state index in [1.54, 1.807) is 0 Å². The highest BCUT2D eigenvalue weighted by Gasteiger charge is 2.64. The number of nitrogen functional groups attached to an aromatic ring is 1. The summed E-state index contributed by atoms with van der Waals surface area (Å²) < 4.78 is 66.1. The molecule has 1 aliphatic rings. The number of aromatic nitrogens is 4. The fourth-order valence-corrected chi connectivity index (χ4v) is 6.01. The predicted octanol–water partition coefficient (Wildman–Crippen LogP) is -1.65. The Morgan fingerprint density at radius 1 is 1.26 bits per heavy atom. The predicted molar refractivity (Wildman–Crippen MR) is 103 cm³/mol. The zero-order valence-electron chi connectivity index (χ0n) is 16.5. The van der Waals surface area contributed by atoms with Crippen LogP contribution in [0.4, 0.5) is 10.3 Å². The highest BCUT2D eigenvalue weighted by atomic mass is 31.3. The SMILES string of the molecule is CC1(O)C(n2cnc3c(=O)[nH]c(N)nc32)OC(F)(COP(=O)(O)OP(=O)(O)OP(=O)(O)O)C1O. The molecule has 34 heavy (non-hydrogen) atoms. The first-order chi connectivity index (χ1) is 15.3. The molecule has 192 valence electrons. The Bertz CT molecular complexity index is 1310. The van der Waals surface area contributed by atoms with Crippen LogP contribution >= 0.6 is 23.5 Å². The topological polar surface area (TPSA) is 299 Å². The number of hydrogen-bond donors (Lipinski definition) is 8. The zero-order chi connectivity index (χ0) is 25.9. The van der Waals surface area contributed by atoms with Crippen molar-refractivity contribution in [2.75, 3.05) is 12.3 Å². The van der Waals surface area contributed by atoms with Gasteiger partial charge in [-0.2, -0.15) is 13.6 Å². The number of phosphoric acid groups is 3. The number of H-pyrrole nitrogens is 1. The third-order valence-electron chi connectivity index (χ3n) is 4.31. The average molecular weight is 555 g/mol. The molecule has 3 heterocycles. The van der Waals surface area contributed by atoms with E-state index >= 15 is 4.39 Å². The second-order valence-corrected chi connectivity index (χ2v) is 11.4. The molecule has 0 amide bonds. The molecule has 0 aliphatic carbocycles. The number of fused-ring (bicyclic) bond motifs is 1. The number of hydrogen-bond acceptors (Lipinski definition) is 13. The number of nitrogens with one attached hydrogen (secondary N) is 1. The lowest BCUT2D eigenvalue weighted by Gasteiger charge is -2.27. The second kappa shape index (κ2) is 8.49. The summed E-state index contributed by atoms with van der Waals surface area (Å²) in [7, 11) is -17.3. The van der Waals surface area contributed by atoms with Crippen LogP contribution in [-0.2, 0) is 31.6 Å². The number of aromatic amines is 1. The fourth-order valence-electron chi connectivity index (χ4n) is 2.98. The molecule has 6 unspecified atom stereocenters. The van der Waals surface area contributed by atoms with Gasteiger partial charge >= 0.3 is 23.5 Å². The van der Waals surface area contributed by atoms with Gasteiger partial charge in [0.25, 0.3) is 11.4 Å². The van der Waals surface area contributed by atoms with Crippen molar-refractivity contribution in [2.45, 2.75) is 30.7 Å². The van der Waals surface area contributed by atoms with Crippen LogP contribution in [0.5, 0.6) is 0 Å². The van der Waals surface area contributed by atoms with Crippen LogP contribution in [-0.4, -0.2) is 73.5 Å². The summed E-state index contributed by atoms with van der Waals surface area (Å²) in [6.07, 6.45) is -3.50. The van der Waals surface area contributed by atoms with Crippen LogP contribution in [0, 0.1) is 0 Å². The summed E-state index contributed by atoms with van der Waals surface area (Å²) in [6, 6.07) is 0. The summed E-state index contributed by atoms with van der Waals surface area (Å²) in [5.41, 5.74) is 1.54. The molecule has 0 bridgehead atoms. The molecule has 3 rings (SSSR count). The maximum absolute atomic E-state index is 15.4. The summed E-state index contributed by atoms with van der Waals surface area (Å²) in [4.78, 5) is 57.2. The number of rotatable bonds is 8. The molecule has 0 radical (unpaired) electrons. The first-order valence-corrected chi connectivity index (χ1v) is 13.1. The number of halogens is 1. The number of anilines is 1. The van der Waals surface area contributed by atoms with Crippen molar-refractivity contribution < 1.29 is 65.8 Å². The standard InChI is InChI=1S/C11H17FN5O14P3/c1-10(20)7(19)11(12,2-28-33(24,25)31-34(26,27)30-32(21,22)23)29-8(10)17-3-14-4-5(17)15-9(13)16-6(4)18/h3,7-8,19-20H,2H2,1H3,(H,24,25)(H,26,27)(H2,21,22,23)(H3,13,15,16,18). The van der Waals surface area contributed by atoms with Gasteiger partial charge < -0.3 is 40.3 Å². The average Bonchev–Trinajstić information content (AvgIpc) is 3.11. The molecule has 0 spiro atoms. The van der Waals surface area contributed by atoms with Gasteiger partial charge in [-0.15, -0.1) is 0 Å². The third kappa shape index (κ3) is 5.44. The Hall–Kier alpha value is -1.63. The van der Waals surface area contributed by atoms with Crippen molar-refractivity contribution in [3.8, 4) is 0 Å². The third-order valence-corrected chi connectivity index (χ3v) is 8.10. The Morgan fingerprint density at radius 2 is 1.88 bits per heavy atom. The van der Waals surface area contributed by atoms with Crippen LogP contribution < -0.4 is 11.3 Å². The molecule has 2 aromatic rings. The first kappa shape index (κ1) is 27.0. The van der Waals surface area contributed by atoms with Crippen LogP contribution in [0.2, 0.25) is 0 Å². The minimum Gasteiger partial charge on any atom is -0.384 e. The van der Waals surface area contributed by atoms with E-state index in [-0.39, 0.29) is 17.1 Å². The van der Waals surface area contributed by atoms with Gasteiger partial charge in [0.15, 0.2) is 17.4 Å². The molecular formula is C11H17FN5O14P3. The van der Waals surface area contributed by atoms with Crippen molar-refractivity contribution in [1.29, 1.82) is 0 Å². The minimum absolute atomic E-state index is 0.295. The molecule has 0 aromatic carbocycles. The van der Waals surface area contributed by atoms with E-state index in [1.165, 1.54) is 0 Å². The lowest BCUT2D eigenvalue weighted by molar-refractivity contribution is -0.203. The van der Waals surface area contributed by atoms with Crippen molar-refractivity contribution in [2.24, 2.45) is 0 Å². The summed E-state index contributed by atoms with van der Waals surface area (Å²) in [5.74, 6) is -3.88. The highest BCUT2D eigenvalue weighted by Crippen LogP contribution is 2.66. The van der Waals surface area contributed by atoms with Crippen molar-refractivity contribution >= 4 is 40.6 Å². The van der Waals surface area contributed by atoms with Crippen LogP contribution in [0.1, 0.15) is 13.2 Å². The van der Waals surface area contributed by atoms with Crippen LogP contribution in [0.25, 0.3) is 11.2 Å². The lowest BCUT2D eigenvalue weighted by atomic mass is 9.95. The van der Waals surface area contributed by atoms with E-state index in [0.29, 0.717) is 0 Å². The van der Waals surface area contributed by atoms with Crippen molar-refractivity contribution in [3.63, 3.8) is 0 Å². The van der Waals surface area contributed by atoms with Crippen molar-refractivity contribution in [3.05, 3.63) is 16.7 Å². The number of imidazole rings is 1. The van der Waals surface area contributed by atoms with Gasteiger partial charge in [0.05, 0.1) is 6.33 Å². The monoisotopic (exact) mass is 555 g/mol. The van der Waals surface area contributed by atoms with E-state index in [1.807, 2.05) is 0 Å². The van der Waals surface area contributed by atoms with Gasteiger partial charge in [0.1, 0.15) is 18.3 Å². The van der Waals surface area contributed by atoms with E-state index < -0.39 is 59.4 Å². The number of aliphatic hydroxyl groups is 2. The van der Waals surface area contributed by atoms with Gasteiger partial charge in [-0.25, -0.2) is 23.1 Å². The number of alkyl halides is 1. The maximum Gasteiger partial charge on any atom is 0.490 e. The molecule has 23 heteroatoms. The molecule has 6 atom stereocenters. The maximum atomic E-state index is 15.4. The van der Waals surface area contributed by atoms with E-state index in [2.05, 4.69) is 28.1 Å². The van der Waals surface area contributed by atoms with Gasteiger partial charge in [-0.3, -0.25) is 18.9 Å². The largest absolute Gasteiger partial charge is 0.490 e. The van der Waals surface area contributed by atoms with Crippen LogP contribution in [0.3, 0.4) is 0 Å². The lowest BCUT2D eigenvalue weighted by Crippen LogP contribution is -2.49. The normalized spacial score (nSPS) is 31.4. The summed E-state index contributed by atoms with van der Waals surface area (Å²) >= 11 is 0. The van der Waals surface area contributed by atoms with Crippen LogP contribution in [0.15, 0.2) is 11.1 Å². The van der Waals surface area contributed by atoms with Gasteiger partial charge in [0, 0.05) is 0 Å². The van der Waals surface area contributed by atoms with Gasteiger partial charge in [-0.1, -0.05) is 0 Å². The summed E-state index contributed by atoms with van der Waals surface area (Å²) in [5, 5.41) is 20.9. The molecule has 19 nitrogen and oxygen atoms in total. The van der Waals surface area contributed by atoms with E-state index in [0.717, 1.165) is 17.8 Å². The number of ether oxygens (including phenoxy) is 1. The highest BCUT2D eigenvalue weighted by molar-refractivity contribution is 7.66. The first-order valence-electron chi connectivity index (χ1n) is 8.54. The summed E-state index contributed by atoms with van der Waals surface area (Å²) in [6.45, 7) is -0.843. The smallest absolute Gasteiger partial charge is 0.384 e. The molecule has 9 N–H and O–H groups in total. The van der Waals surface area contributed by atoms with E-state index in [4.69, 9.17) is 25.2 Å². The Morgan fingerprint density at radius 3 is 2.47 bits per heavy atom. The molecule has 2 aromatic heterocycles. The zero-order valence-corrected chi connectivity index (χ0v) is 19.2. The number of aliphatic hydroxyl groups excluding tert-OH is 1. The molecule has 1 saturated heterocycles. The number of phosphoric ester groups is 1. The quantitative estimate of drug-likeness (QED) is 0.169. The molecule has 1 fully saturated rings. The Balaban J connectivity index is 1.84.